The van der Waals surface area contributed by atoms with Gasteiger partial charge in [0.2, 0.25) is 0 Å². The molecule has 1 aromatic carbocycles. The molecule has 0 unspecified atom stereocenters. The Balaban J connectivity index is 1.73. The molecule has 1 N–H and O–H groups in total. The molecule has 0 saturated carbocycles. The first-order valence-corrected chi connectivity index (χ1v) is 9.09. The van der Waals surface area contributed by atoms with Crippen LogP contribution in [0.4, 0.5) is 0 Å². The predicted octanol–water partition coefficient (Wildman–Crippen LogP) is 1.94. The quantitative estimate of drug-likeness (QED) is 0.772. The van der Waals surface area contributed by atoms with Crippen molar-refractivity contribution < 1.29 is 8.42 Å². The van der Waals surface area contributed by atoms with E-state index < -0.39 is 10.0 Å². The number of para-hydroxylation sites is 1. The number of nitrogens with one attached hydrogen (secondary N) is 1. The minimum atomic E-state index is -3.59. The molecule has 3 rings (SSSR count). The highest BCUT2D eigenvalue weighted by Crippen LogP contribution is 2.22. The molecular formula is C14H16N4O2S2. The zero-order chi connectivity index (χ0) is 15.7. The van der Waals surface area contributed by atoms with E-state index in [2.05, 4.69) is 14.7 Å². The minimum absolute atomic E-state index is 0.0335. The standard InChI is InChI=1S/C14H16N4O2S2/c1-10(17-22(19,20)14-8-18(2)9-15-14)7-13-16-11-5-3-4-6-12(11)21-13/h3-6,8-10,17H,7H2,1-2H3/t10-/m1/s1. The number of benzene rings is 1. The Morgan fingerprint density at radius 2 is 2.14 bits per heavy atom. The number of aryl methyl sites for hydroxylation is 1. The molecule has 0 aliphatic rings. The van der Waals surface area contributed by atoms with Crippen LogP contribution in [0.5, 0.6) is 0 Å². The number of nitrogens with zero attached hydrogens (tertiary/aromatic N) is 3. The average molecular weight is 336 g/mol. The van der Waals surface area contributed by atoms with Gasteiger partial charge in [-0.05, 0) is 19.1 Å². The number of imidazole rings is 1. The first kappa shape index (κ1) is 15.1. The molecule has 0 fully saturated rings. The number of hydrogen-bond acceptors (Lipinski definition) is 5. The van der Waals surface area contributed by atoms with Crippen LogP contribution in [0.3, 0.4) is 0 Å². The maximum absolute atomic E-state index is 12.2. The lowest BCUT2D eigenvalue weighted by Gasteiger charge is -2.11. The van der Waals surface area contributed by atoms with E-state index in [0.29, 0.717) is 6.42 Å². The minimum Gasteiger partial charge on any atom is -0.339 e. The fourth-order valence-electron chi connectivity index (χ4n) is 2.16. The highest BCUT2D eigenvalue weighted by atomic mass is 32.2. The normalized spacial score (nSPS) is 13.5. The molecule has 0 aliphatic heterocycles. The van der Waals surface area contributed by atoms with Gasteiger partial charge in [-0.15, -0.1) is 11.3 Å². The summed E-state index contributed by atoms with van der Waals surface area (Å²) in [6.07, 6.45) is 3.49. The van der Waals surface area contributed by atoms with Gasteiger partial charge in [0, 0.05) is 25.7 Å². The molecule has 2 aromatic heterocycles. The lowest BCUT2D eigenvalue weighted by Crippen LogP contribution is -2.34. The van der Waals surface area contributed by atoms with Gasteiger partial charge in [0.15, 0.2) is 5.03 Å². The maximum atomic E-state index is 12.2. The van der Waals surface area contributed by atoms with Crippen molar-refractivity contribution in [3.8, 4) is 0 Å². The van der Waals surface area contributed by atoms with E-state index in [-0.39, 0.29) is 11.1 Å². The predicted molar refractivity (Wildman–Crippen MR) is 86.3 cm³/mol. The van der Waals surface area contributed by atoms with Crippen molar-refractivity contribution in [2.45, 2.75) is 24.4 Å². The van der Waals surface area contributed by atoms with Gasteiger partial charge in [-0.2, -0.15) is 0 Å². The van der Waals surface area contributed by atoms with Crippen LogP contribution in [0.15, 0.2) is 41.8 Å². The Hall–Kier alpha value is -1.77. The van der Waals surface area contributed by atoms with Crippen molar-refractivity contribution in [2.24, 2.45) is 7.05 Å². The molecule has 3 aromatic rings. The Bertz CT molecular complexity index is 865. The summed E-state index contributed by atoms with van der Waals surface area (Å²) >= 11 is 1.59. The highest BCUT2D eigenvalue weighted by molar-refractivity contribution is 7.89. The lowest BCUT2D eigenvalue weighted by atomic mass is 10.3. The average Bonchev–Trinajstić information content (AvgIpc) is 3.03. The Morgan fingerprint density at radius 3 is 2.82 bits per heavy atom. The van der Waals surface area contributed by atoms with Gasteiger partial charge in [0.05, 0.1) is 21.6 Å². The fourth-order valence-corrected chi connectivity index (χ4v) is 4.48. The Morgan fingerprint density at radius 1 is 1.36 bits per heavy atom. The van der Waals surface area contributed by atoms with Gasteiger partial charge in [-0.25, -0.2) is 23.1 Å². The number of fused-ring (bicyclic) bond motifs is 1. The topological polar surface area (TPSA) is 76.9 Å². The summed E-state index contributed by atoms with van der Waals surface area (Å²) in [5, 5.41) is 0.948. The van der Waals surface area contributed by atoms with Crippen molar-refractivity contribution in [3.63, 3.8) is 0 Å². The number of rotatable bonds is 5. The summed E-state index contributed by atoms with van der Waals surface area (Å²) in [5.74, 6) is 0. The summed E-state index contributed by atoms with van der Waals surface area (Å²) in [7, 11) is -1.86. The van der Waals surface area contributed by atoms with Crippen molar-refractivity contribution in [3.05, 3.63) is 41.8 Å². The SMILES string of the molecule is C[C@H](Cc1nc2ccccc2s1)NS(=O)(=O)c1cn(C)cn1. The first-order valence-electron chi connectivity index (χ1n) is 6.79. The zero-order valence-electron chi connectivity index (χ0n) is 12.2. The van der Waals surface area contributed by atoms with Crippen LogP contribution in [0.25, 0.3) is 10.2 Å². The van der Waals surface area contributed by atoms with E-state index in [0.717, 1.165) is 15.2 Å². The number of thiazole rings is 1. The monoisotopic (exact) mass is 336 g/mol. The molecule has 0 amide bonds. The molecule has 0 bridgehead atoms. The molecule has 8 heteroatoms. The first-order chi connectivity index (χ1) is 10.4. The van der Waals surface area contributed by atoms with Crippen LogP contribution in [-0.2, 0) is 23.5 Å². The molecule has 0 saturated heterocycles. The Kier molecular flexibility index (Phi) is 3.98. The second kappa shape index (κ2) is 5.79. The third-order valence-corrected chi connectivity index (χ3v) is 5.66. The molecule has 22 heavy (non-hydrogen) atoms. The third kappa shape index (κ3) is 3.18. The molecule has 6 nitrogen and oxygen atoms in total. The molecule has 1 atom stereocenters. The molecule has 0 aliphatic carbocycles. The largest absolute Gasteiger partial charge is 0.339 e. The van der Waals surface area contributed by atoms with Crippen LogP contribution < -0.4 is 4.72 Å². The van der Waals surface area contributed by atoms with E-state index in [4.69, 9.17) is 0 Å². The van der Waals surface area contributed by atoms with Crippen LogP contribution in [-0.4, -0.2) is 29.0 Å². The molecule has 0 spiro atoms. The summed E-state index contributed by atoms with van der Waals surface area (Å²) < 4.78 is 29.8. The summed E-state index contributed by atoms with van der Waals surface area (Å²) in [6.45, 7) is 1.83. The number of sulfonamides is 1. The van der Waals surface area contributed by atoms with Crippen molar-refractivity contribution >= 4 is 31.6 Å². The number of hydrogen-bond donors (Lipinski definition) is 1. The summed E-state index contributed by atoms with van der Waals surface area (Å²) in [5.41, 5.74) is 0.947. The second-order valence-electron chi connectivity index (χ2n) is 5.18. The van der Waals surface area contributed by atoms with Gasteiger partial charge >= 0.3 is 0 Å². The van der Waals surface area contributed by atoms with E-state index >= 15 is 0 Å². The molecule has 116 valence electrons. The number of aromatic nitrogens is 3. The molecule has 0 radical (unpaired) electrons. The lowest BCUT2D eigenvalue weighted by molar-refractivity contribution is 0.556. The van der Waals surface area contributed by atoms with Gasteiger partial charge in [-0.1, -0.05) is 12.1 Å². The van der Waals surface area contributed by atoms with Gasteiger partial charge in [-0.3, -0.25) is 0 Å². The van der Waals surface area contributed by atoms with E-state index in [9.17, 15) is 8.42 Å². The van der Waals surface area contributed by atoms with Gasteiger partial charge in [0.1, 0.15) is 0 Å². The smallest absolute Gasteiger partial charge is 0.259 e. The van der Waals surface area contributed by atoms with Gasteiger partial charge < -0.3 is 4.57 Å². The fraction of sp³-hybridized carbons (Fsp3) is 0.286. The third-order valence-electron chi connectivity index (χ3n) is 3.13. The summed E-state index contributed by atoms with van der Waals surface area (Å²) in [4.78, 5) is 8.41. The van der Waals surface area contributed by atoms with Crippen LogP contribution in [0.1, 0.15) is 11.9 Å². The van der Waals surface area contributed by atoms with E-state index in [1.807, 2.05) is 31.2 Å². The van der Waals surface area contributed by atoms with Crippen LogP contribution in [0, 0.1) is 0 Å². The van der Waals surface area contributed by atoms with Gasteiger partial charge in [0.25, 0.3) is 10.0 Å². The van der Waals surface area contributed by atoms with E-state index in [1.54, 1.807) is 23.0 Å². The second-order valence-corrected chi connectivity index (χ2v) is 7.96. The maximum Gasteiger partial charge on any atom is 0.259 e. The van der Waals surface area contributed by atoms with Crippen LogP contribution in [0.2, 0.25) is 0 Å². The highest BCUT2D eigenvalue weighted by Gasteiger charge is 2.20. The molecule has 2 heterocycles. The van der Waals surface area contributed by atoms with Crippen molar-refractivity contribution in [1.82, 2.24) is 19.3 Å². The van der Waals surface area contributed by atoms with E-state index in [1.165, 1.54) is 12.5 Å². The zero-order valence-corrected chi connectivity index (χ0v) is 13.9. The van der Waals surface area contributed by atoms with Crippen molar-refractivity contribution in [1.29, 1.82) is 0 Å². The summed E-state index contributed by atoms with van der Waals surface area (Å²) in [6, 6.07) is 7.63. The van der Waals surface area contributed by atoms with Crippen molar-refractivity contribution in [2.75, 3.05) is 0 Å². The molecular weight excluding hydrogens is 320 g/mol. The van der Waals surface area contributed by atoms with Crippen LogP contribution >= 0.6 is 11.3 Å². The Labute approximate surface area is 132 Å².